The molecular formula is C14H12Br2N2O. The molecule has 2 aromatic rings. The molecule has 0 atom stereocenters. The minimum atomic E-state index is -0.153. The molecule has 3 nitrogen and oxygen atoms in total. The van der Waals surface area contributed by atoms with Crippen LogP contribution in [0.3, 0.4) is 0 Å². The molecule has 1 aromatic heterocycles. The van der Waals surface area contributed by atoms with Gasteiger partial charge in [-0.2, -0.15) is 0 Å². The van der Waals surface area contributed by atoms with Crippen LogP contribution >= 0.6 is 31.9 Å². The van der Waals surface area contributed by atoms with Gasteiger partial charge >= 0.3 is 0 Å². The Morgan fingerprint density at radius 2 is 1.89 bits per heavy atom. The second-order valence-electron chi connectivity index (χ2n) is 4.23. The van der Waals surface area contributed by atoms with E-state index in [9.17, 15) is 4.79 Å². The second kappa shape index (κ2) is 5.84. The Morgan fingerprint density at radius 3 is 2.53 bits per heavy atom. The molecule has 1 N–H and O–H groups in total. The van der Waals surface area contributed by atoms with Gasteiger partial charge in [-0.1, -0.05) is 15.9 Å². The topological polar surface area (TPSA) is 42.0 Å². The summed E-state index contributed by atoms with van der Waals surface area (Å²) < 4.78 is 1.88. The quantitative estimate of drug-likeness (QED) is 0.830. The van der Waals surface area contributed by atoms with Crippen molar-refractivity contribution in [2.75, 3.05) is 5.32 Å². The van der Waals surface area contributed by atoms with Gasteiger partial charge in [0.25, 0.3) is 5.91 Å². The van der Waals surface area contributed by atoms with Crippen molar-refractivity contribution in [2.45, 2.75) is 13.8 Å². The number of hydrogen-bond acceptors (Lipinski definition) is 2. The molecule has 0 aliphatic carbocycles. The molecule has 0 bridgehead atoms. The summed E-state index contributed by atoms with van der Waals surface area (Å²) in [7, 11) is 0. The van der Waals surface area contributed by atoms with Crippen molar-refractivity contribution in [1.82, 2.24) is 4.98 Å². The predicted octanol–water partition coefficient (Wildman–Crippen LogP) is 4.48. The van der Waals surface area contributed by atoms with Crippen LogP contribution in [0, 0.1) is 13.8 Å². The number of amides is 1. The van der Waals surface area contributed by atoms with Crippen molar-refractivity contribution in [3.8, 4) is 0 Å². The number of pyridine rings is 1. The van der Waals surface area contributed by atoms with Crippen molar-refractivity contribution in [3.63, 3.8) is 0 Å². The minimum absolute atomic E-state index is 0.153. The van der Waals surface area contributed by atoms with Gasteiger partial charge < -0.3 is 5.32 Å². The first-order chi connectivity index (χ1) is 8.97. The number of carbonyl (C=O) groups excluding carboxylic acids is 1. The van der Waals surface area contributed by atoms with Crippen molar-refractivity contribution >= 4 is 43.6 Å². The molecule has 2 rings (SSSR count). The SMILES string of the molecule is Cc1cc(NC(=O)c2ccc(Br)cc2C)ncc1Br. The molecule has 0 radical (unpaired) electrons. The number of aryl methyl sites for hydroxylation is 2. The van der Waals surface area contributed by atoms with E-state index < -0.39 is 0 Å². The summed E-state index contributed by atoms with van der Waals surface area (Å²) in [6, 6.07) is 7.38. The molecule has 1 aromatic carbocycles. The predicted molar refractivity (Wildman–Crippen MR) is 83.5 cm³/mol. The minimum Gasteiger partial charge on any atom is -0.307 e. The van der Waals surface area contributed by atoms with Crippen molar-refractivity contribution in [3.05, 3.63) is 56.1 Å². The maximum Gasteiger partial charge on any atom is 0.257 e. The number of carbonyl (C=O) groups is 1. The van der Waals surface area contributed by atoms with Gasteiger partial charge in [-0.3, -0.25) is 4.79 Å². The molecule has 0 aliphatic heterocycles. The lowest BCUT2D eigenvalue weighted by Gasteiger charge is -2.08. The van der Waals surface area contributed by atoms with E-state index in [2.05, 4.69) is 42.2 Å². The van der Waals surface area contributed by atoms with Crippen LogP contribution in [0.25, 0.3) is 0 Å². The lowest BCUT2D eigenvalue weighted by Crippen LogP contribution is -2.14. The number of nitrogens with zero attached hydrogens (tertiary/aromatic N) is 1. The normalized spacial score (nSPS) is 10.3. The number of benzene rings is 1. The molecule has 0 aliphatic rings. The highest BCUT2D eigenvalue weighted by atomic mass is 79.9. The first kappa shape index (κ1) is 14.2. The monoisotopic (exact) mass is 382 g/mol. The summed E-state index contributed by atoms with van der Waals surface area (Å²) in [5, 5.41) is 2.80. The summed E-state index contributed by atoms with van der Waals surface area (Å²) >= 11 is 6.76. The highest BCUT2D eigenvalue weighted by Gasteiger charge is 2.10. The molecule has 0 saturated heterocycles. The fraction of sp³-hybridized carbons (Fsp3) is 0.143. The fourth-order valence-electron chi connectivity index (χ4n) is 1.67. The first-order valence-corrected chi connectivity index (χ1v) is 7.25. The Morgan fingerprint density at radius 1 is 1.16 bits per heavy atom. The van der Waals surface area contributed by atoms with Crippen LogP contribution < -0.4 is 5.32 Å². The van der Waals surface area contributed by atoms with Crippen LogP contribution in [-0.2, 0) is 0 Å². The molecular weight excluding hydrogens is 372 g/mol. The van der Waals surface area contributed by atoms with E-state index in [4.69, 9.17) is 0 Å². The Bertz CT molecular complexity index is 641. The average Bonchev–Trinajstić information content (AvgIpc) is 2.33. The average molecular weight is 384 g/mol. The lowest BCUT2D eigenvalue weighted by atomic mass is 10.1. The Kier molecular flexibility index (Phi) is 4.37. The summed E-state index contributed by atoms with van der Waals surface area (Å²) in [4.78, 5) is 16.3. The van der Waals surface area contributed by atoms with Crippen molar-refractivity contribution < 1.29 is 4.79 Å². The number of nitrogens with one attached hydrogen (secondary N) is 1. The van der Waals surface area contributed by atoms with Gasteiger partial charge in [0.15, 0.2) is 0 Å². The lowest BCUT2D eigenvalue weighted by molar-refractivity contribution is 0.102. The van der Waals surface area contributed by atoms with Crippen LogP contribution in [0.5, 0.6) is 0 Å². The molecule has 98 valence electrons. The van der Waals surface area contributed by atoms with E-state index in [0.29, 0.717) is 11.4 Å². The molecule has 19 heavy (non-hydrogen) atoms. The Hall–Kier alpha value is -1.20. The van der Waals surface area contributed by atoms with Gasteiger partial charge in [-0.15, -0.1) is 0 Å². The molecule has 0 saturated carbocycles. The van der Waals surface area contributed by atoms with E-state index in [1.807, 2.05) is 32.0 Å². The first-order valence-electron chi connectivity index (χ1n) is 5.67. The van der Waals surface area contributed by atoms with Gasteiger partial charge in [0.1, 0.15) is 5.82 Å². The molecule has 0 unspecified atom stereocenters. The number of aromatic nitrogens is 1. The smallest absolute Gasteiger partial charge is 0.257 e. The number of rotatable bonds is 2. The van der Waals surface area contributed by atoms with E-state index >= 15 is 0 Å². The fourth-order valence-corrected chi connectivity index (χ4v) is 2.37. The van der Waals surface area contributed by atoms with Crippen LogP contribution in [-0.4, -0.2) is 10.9 Å². The third-order valence-electron chi connectivity index (χ3n) is 2.72. The maximum absolute atomic E-state index is 12.2. The molecule has 5 heteroatoms. The second-order valence-corrected chi connectivity index (χ2v) is 6.00. The van der Waals surface area contributed by atoms with Gasteiger partial charge in [-0.05, 0) is 65.2 Å². The number of anilines is 1. The number of hydrogen-bond donors (Lipinski definition) is 1. The van der Waals surface area contributed by atoms with Gasteiger partial charge in [0.05, 0.1) is 0 Å². The van der Waals surface area contributed by atoms with Crippen LogP contribution in [0.2, 0.25) is 0 Å². The maximum atomic E-state index is 12.2. The van der Waals surface area contributed by atoms with Crippen LogP contribution in [0.15, 0.2) is 39.4 Å². The van der Waals surface area contributed by atoms with Gasteiger partial charge in [0, 0.05) is 20.7 Å². The zero-order chi connectivity index (χ0) is 14.0. The standard InChI is InChI=1S/C14H12Br2N2O/c1-8-5-10(15)3-4-11(8)14(19)18-13-6-9(2)12(16)7-17-13/h3-7H,1-2H3,(H,17,18,19). The van der Waals surface area contributed by atoms with E-state index in [-0.39, 0.29) is 5.91 Å². The summed E-state index contributed by atoms with van der Waals surface area (Å²) in [6.45, 7) is 3.85. The molecule has 0 spiro atoms. The Labute approximate surface area is 128 Å². The highest BCUT2D eigenvalue weighted by molar-refractivity contribution is 9.10. The largest absolute Gasteiger partial charge is 0.307 e. The van der Waals surface area contributed by atoms with Crippen LogP contribution in [0.1, 0.15) is 21.5 Å². The van der Waals surface area contributed by atoms with E-state index in [1.165, 1.54) is 0 Å². The van der Waals surface area contributed by atoms with Gasteiger partial charge in [-0.25, -0.2) is 4.98 Å². The molecule has 1 heterocycles. The number of halogens is 2. The molecule has 0 fully saturated rings. The zero-order valence-corrected chi connectivity index (χ0v) is 13.7. The summed E-state index contributed by atoms with van der Waals surface area (Å²) in [5.74, 6) is 0.396. The van der Waals surface area contributed by atoms with Crippen molar-refractivity contribution in [2.24, 2.45) is 0 Å². The highest BCUT2D eigenvalue weighted by Crippen LogP contribution is 2.19. The molecule has 1 amide bonds. The zero-order valence-electron chi connectivity index (χ0n) is 10.5. The van der Waals surface area contributed by atoms with Crippen LogP contribution in [0.4, 0.5) is 5.82 Å². The third-order valence-corrected chi connectivity index (χ3v) is 4.05. The van der Waals surface area contributed by atoms with E-state index in [0.717, 1.165) is 20.1 Å². The summed E-state index contributed by atoms with van der Waals surface area (Å²) in [6.07, 6.45) is 1.68. The Balaban J connectivity index is 2.23. The van der Waals surface area contributed by atoms with Crippen molar-refractivity contribution in [1.29, 1.82) is 0 Å². The summed E-state index contributed by atoms with van der Waals surface area (Å²) in [5.41, 5.74) is 2.59. The third kappa shape index (κ3) is 3.42. The van der Waals surface area contributed by atoms with Gasteiger partial charge in [0.2, 0.25) is 0 Å². The van der Waals surface area contributed by atoms with E-state index in [1.54, 1.807) is 12.3 Å².